The monoisotopic (exact) mass is 478 g/mol. The van der Waals surface area contributed by atoms with E-state index >= 15 is 0 Å². The van der Waals surface area contributed by atoms with Gasteiger partial charge in [-0.2, -0.15) is 5.10 Å². The number of amides is 1. The maximum absolute atomic E-state index is 13.2. The van der Waals surface area contributed by atoms with E-state index in [0.29, 0.717) is 16.1 Å². The van der Waals surface area contributed by atoms with Gasteiger partial charge in [-0.05, 0) is 44.5 Å². The zero-order valence-electron chi connectivity index (χ0n) is 17.8. The number of nitrogens with one attached hydrogen (secondary N) is 1. The average Bonchev–Trinajstić information content (AvgIpc) is 3.34. The molecule has 0 fully saturated rings. The highest BCUT2D eigenvalue weighted by atomic mass is 32.2. The highest BCUT2D eigenvalue weighted by molar-refractivity contribution is 7.93. The van der Waals surface area contributed by atoms with Crippen molar-refractivity contribution in [3.05, 3.63) is 47.4 Å². The molecule has 0 radical (unpaired) electrons. The van der Waals surface area contributed by atoms with Crippen LogP contribution in [0.3, 0.4) is 0 Å². The van der Waals surface area contributed by atoms with Gasteiger partial charge < -0.3 is 15.2 Å². The Morgan fingerprint density at radius 2 is 1.91 bits per heavy atom. The molecule has 3 rings (SSSR count). The molecule has 12 heteroatoms. The first-order valence-electron chi connectivity index (χ1n) is 9.39. The zero-order valence-corrected chi connectivity index (χ0v) is 19.5. The number of nitrogens with zero attached hydrogens (tertiary/aromatic N) is 3. The van der Waals surface area contributed by atoms with E-state index in [1.807, 2.05) is 0 Å². The molecule has 0 saturated heterocycles. The highest BCUT2D eigenvalue weighted by Gasteiger charge is 2.24. The van der Waals surface area contributed by atoms with E-state index in [0.717, 1.165) is 17.4 Å². The molecule has 2 N–H and O–H groups in total. The van der Waals surface area contributed by atoms with Crippen LogP contribution in [0.4, 0.5) is 4.79 Å². The van der Waals surface area contributed by atoms with Crippen LogP contribution in [0.2, 0.25) is 0 Å². The van der Waals surface area contributed by atoms with Crippen LogP contribution in [-0.2, 0) is 28.2 Å². The van der Waals surface area contributed by atoms with E-state index in [4.69, 9.17) is 4.74 Å². The zero-order chi connectivity index (χ0) is 23.7. The quantitative estimate of drug-likeness (QED) is 0.551. The van der Waals surface area contributed by atoms with Crippen molar-refractivity contribution in [3.63, 3.8) is 0 Å². The predicted molar refractivity (Wildman–Crippen MR) is 116 cm³/mol. The molecule has 0 spiro atoms. The number of benzene rings is 1. The molecule has 10 nitrogen and oxygen atoms in total. The first-order chi connectivity index (χ1) is 14.8. The Kier molecular flexibility index (Phi) is 6.37. The minimum absolute atomic E-state index is 0.00873. The summed E-state index contributed by atoms with van der Waals surface area (Å²) in [6.45, 7) is 5.17. The first-order valence-corrected chi connectivity index (χ1v) is 11.7. The van der Waals surface area contributed by atoms with Gasteiger partial charge in [-0.15, -0.1) is 11.3 Å². The van der Waals surface area contributed by atoms with E-state index in [1.54, 1.807) is 34.0 Å². The number of aryl methyl sites for hydroxylation is 1. The van der Waals surface area contributed by atoms with Crippen molar-refractivity contribution in [1.29, 1.82) is 0 Å². The van der Waals surface area contributed by atoms with Gasteiger partial charge in [0.2, 0.25) is 9.84 Å². The highest BCUT2D eigenvalue weighted by Crippen LogP contribution is 2.30. The third kappa shape index (κ3) is 5.51. The van der Waals surface area contributed by atoms with Crippen LogP contribution in [0.15, 0.2) is 45.9 Å². The molecular formula is C20H22N4O6S2. The number of carbonyl (C=O) groups is 2. The van der Waals surface area contributed by atoms with Crippen LogP contribution in [0, 0.1) is 0 Å². The molecule has 0 atom stereocenters. The van der Waals surface area contributed by atoms with E-state index in [-0.39, 0.29) is 21.2 Å². The summed E-state index contributed by atoms with van der Waals surface area (Å²) in [4.78, 5) is 27.3. The molecule has 0 aliphatic heterocycles. The van der Waals surface area contributed by atoms with Crippen molar-refractivity contribution in [2.75, 3.05) is 0 Å². The lowest BCUT2D eigenvalue weighted by Gasteiger charge is -2.19. The number of ether oxygens (including phenoxy) is 1. The van der Waals surface area contributed by atoms with Crippen molar-refractivity contribution >= 4 is 33.2 Å². The Labute approximate surface area is 188 Å². The standard InChI is InChI=1S/C20H22N4O6S2/c1-20(2,3)30-19(27)22-9-16-21-10-17(31-16)32(28,29)15-6-12(5-13(7-15)18(25)26)14-8-23-24(4)11-14/h5-8,10-11H,9H2,1-4H3,(H,22,27)(H,25,26). The third-order valence-electron chi connectivity index (χ3n) is 4.08. The van der Waals surface area contributed by atoms with Gasteiger partial charge in [0, 0.05) is 18.8 Å². The minimum Gasteiger partial charge on any atom is -0.478 e. The lowest BCUT2D eigenvalue weighted by molar-refractivity contribution is 0.0523. The van der Waals surface area contributed by atoms with Gasteiger partial charge in [-0.3, -0.25) is 4.68 Å². The van der Waals surface area contributed by atoms with Gasteiger partial charge in [-0.25, -0.2) is 23.0 Å². The summed E-state index contributed by atoms with van der Waals surface area (Å²) in [5.41, 5.74) is 0.163. The number of hydrogen-bond acceptors (Lipinski definition) is 8. The second-order valence-corrected chi connectivity index (χ2v) is 11.2. The molecule has 170 valence electrons. The molecule has 2 aromatic heterocycles. The third-order valence-corrected chi connectivity index (χ3v) is 7.27. The number of aromatic nitrogens is 3. The summed E-state index contributed by atoms with van der Waals surface area (Å²) in [5.74, 6) is -1.25. The van der Waals surface area contributed by atoms with Gasteiger partial charge in [0.25, 0.3) is 0 Å². The molecule has 1 amide bonds. The van der Waals surface area contributed by atoms with Crippen LogP contribution in [0.5, 0.6) is 0 Å². The second kappa shape index (κ2) is 8.71. The van der Waals surface area contributed by atoms with Crippen molar-refractivity contribution in [1.82, 2.24) is 20.1 Å². The molecule has 0 aliphatic rings. The molecule has 0 saturated carbocycles. The summed E-state index contributed by atoms with van der Waals surface area (Å²) in [7, 11) is -2.34. The van der Waals surface area contributed by atoms with Crippen molar-refractivity contribution in [2.24, 2.45) is 7.05 Å². The topological polar surface area (TPSA) is 140 Å². The van der Waals surface area contributed by atoms with Crippen LogP contribution in [-0.4, -0.2) is 46.0 Å². The lowest BCUT2D eigenvalue weighted by Crippen LogP contribution is -2.32. The smallest absolute Gasteiger partial charge is 0.408 e. The maximum Gasteiger partial charge on any atom is 0.408 e. The number of carbonyl (C=O) groups excluding carboxylic acids is 1. The van der Waals surface area contributed by atoms with Crippen molar-refractivity contribution in [3.8, 4) is 11.1 Å². The fourth-order valence-corrected chi connectivity index (χ4v) is 5.28. The summed E-state index contributed by atoms with van der Waals surface area (Å²) in [6.07, 6.45) is 3.71. The van der Waals surface area contributed by atoms with Crippen LogP contribution < -0.4 is 5.32 Å². The minimum atomic E-state index is -4.04. The average molecular weight is 479 g/mol. The van der Waals surface area contributed by atoms with Gasteiger partial charge in [-0.1, -0.05) is 0 Å². The molecule has 3 aromatic rings. The number of rotatable bonds is 6. The molecule has 32 heavy (non-hydrogen) atoms. The molecule has 0 aliphatic carbocycles. The van der Waals surface area contributed by atoms with Crippen LogP contribution in [0.1, 0.15) is 36.1 Å². The van der Waals surface area contributed by atoms with Crippen molar-refractivity contribution < 1.29 is 27.9 Å². The van der Waals surface area contributed by atoms with Crippen LogP contribution >= 0.6 is 11.3 Å². The van der Waals surface area contributed by atoms with E-state index < -0.39 is 27.5 Å². The van der Waals surface area contributed by atoms with Gasteiger partial charge in [0.15, 0.2) is 0 Å². The second-order valence-electron chi connectivity index (χ2n) is 7.89. The number of aromatic carboxylic acids is 1. The fraction of sp³-hybridized carbons (Fsp3) is 0.300. The number of thiazole rings is 1. The maximum atomic E-state index is 13.2. The Balaban J connectivity index is 1.89. The Morgan fingerprint density at radius 1 is 1.19 bits per heavy atom. The fourth-order valence-electron chi connectivity index (χ4n) is 2.69. The number of hydrogen-bond donors (Lipinski definition) is 2. The summed E-state index contributed by atoms with van der Waals surface area (Å²) < 4.78 is 33.0. The largest absolute Gasteiger partial charge is 0.478 e. The SMILES string of the molecule is Cn1cc(-c2cc(C(=O)O)cc(S(=O)(=O)c3cnc(CNC(=O)OC(C)(C)C)s3)c2)cn1. The van der Waals surface area contributed by atoms with Gasteiger partial charge in [0.1, 0.15) is 14.8 Å². The molecular weight excluding hydrogens is 456 g/mol. The molecule has 2 heterocycles. The van der Waals surface area contributed by atoms with E-state index in [2.05, 4.69) is 15.4 Å². The normalized spacial score (nSPS) is 11.9. The number of carboxylic acid groups (broad SMARTS) is 1. The first kappa shape index (κ1) is 23.4. The van der Waals surface area contributed by atoms with Gasteiger partial charge >= 0.3 is 12.1 Å². The molecule has 0 bridgehead atoms. The summed E-state index contributed by atoms with van der Waals surface area (Å²) >= 11 is 0.881. The lowest BCUT2D eigenvalue weighted by atomic mass is 10.1. The summed E-state index contributed by atoms with van der Waals surface area (Å²) in [5, 5.41) is 16.4. The van der Waals surface area contributed by atoms with E-state index in [9.17, 15) is 23.1 Å². The number of alkyl carbamates (subject to hydrolysis) is 1. The van der Waals surface area contributed by atoms with Gasteiger partial charge in [0.05, 0.1) is 29.4 Å². The Morgan fingerprint density at radius 3 is 2.50 bits per heavy atom. The number of sulfone groups is 1. The summed E-state index contributed by atoms with van der Waals surface area (Å²) in [6, 6.07) is 3.90. The molecule has 0 unspecified atom stereocenters. The Hall–Kier alpha value is -3.25. The number of carboxylic acids is 1. The van der Waals surface area contributed by atoms with Crippen molar-refractivity contribution in [2.45, 2.75) is 42.0 Å². The predicted octanol–water partition coefficient (Wildman–Crippen LogP) is 3.10. The Bertz CT molecular complexity index is 1270. The van der Waals surface area contributed by atoms with E-state index in [1.165, 1.54) is 29.2 Å². The molecule has 1 aromatic carbocycles. The van der Waals surface area contributed by atoms with Crippen LogP contribution in [0.25, 0.3) is 11.1 Å².